The van der Waals surface area contributed by atoms with Gasteiger partial charge in [-0.25, -0.2) is 0 Å². The standard InChI is InChI=1S/C12H15F3O3/c1-9(16)10-4-2-3-5-11(10)18-7-6-17-8-12(13,14)15/h2-5,9,16H,6-8H2,1H3/t9-/m0/s1. The third-order valence-corrected chi connectivity index (χ3v) is 2.12. The Morgan fingerprint density at radius 3 is 2.50 bits per heavy atom. The summed E-state index contributed by atoms with van der Waals surface area (Å²) < 4.78 is 45.0. The van der Waals surface area contributed by atoms with Crippen molar-refractivity contribution in [1.82, 2.24) is 0 Å². The molecule has 0 spiro atoms. The van der Waals surface area contributed by atoms with E-state index in [1.165, 1.54) is 0 Å². The number of aliphatic hydroxyl groups excluding tert-OH is 1. The maximum atomic E-state index is 11.8. The molecule has 0 bridgehead atoms. The van der Waals surface area contributed by atoms with Gasteiger partial charge in [0.25, 0.3) is 0 Å². The molecular formula is C12H15F3O3. The first-order chi connectivity index (χ1) is 8.40. The van der Waals surface area contributed by atoms with Gasteiger partial charge in [0, 0.05) is 5.56 Å². The number of benzene rings is 1. The van der Waals surface area contributed by atoms with E-state index in [4.69, 9.17) is 4.74 Å². The highest BCUT2D eigenvalue weighted by molar-refractivity contribution is 5.34. The number of hydrogen-bond donors (Lipinski definition) is 1. The maximum absolute atomic E-state index is 11.8. The molecule has 18 heavy (non-hydrogen) atoms. The molecule has 0 aromatic heterocycles. The van der Waals surface area contributed by atoms with Crippen molar-refractivity contribution in [3.8, 4) is 5.75 Å². The van der Waals surface area contributed by atoms with E-state index in [1.54, 1.807) is 31.2 Å². The summed E-state index contributed by atoms with van der Waals surface area (Å²) in [4.78, 5) is 0. The number of aliphatic hydroxyl groups is 1. The van der Waals surface area contributed by atoms with E-state index < -0.39 is 18.9 Å². The lowest BCUT2D eigenvalue weighted by Crippen LogP contribution is -2.19. The largest absolute Gasteiger partial charge is 0.491 e. The average Bonchev–Trinajstić information content (AvgIpc) is 2.27. The number of para-hydroxylation sites is 1. The second-order valence-corrected chi connectivity index (χ2v) is 3.73. The fourth-order valence-electron chi connectivity index (χ4n) is 1.36. The molecule has 3 nitrogen and oxygen atoms in total. The van der Waals surface area contributed by atoms with Crippen LogP contribution in [0.1, 0.15) is 18.6 Å². The van der Waals surface area contributed by atoms with Gasteiger partial charge in [0.1, 0.15) is 19.0 Å². The lowest BCUT2D eigenvalue weighted by atomic mass is 10.1. The van der Waals surface area contributed by atoms with Crippen molar-refractivity contribution in [2.45, 2.75) is 19.2 Å². The quantitative estimate of drug-likeness (QED) is 0.803. The van der Waals surface area contributed by atoms with Gasteiger partial charge in [-0.05, 0) is 13.0 Å². The van der Waals surface area contributed by atoms with Crippen LogP contribution in [0.5, 0.6) is 5.75 Å². The molecule has 0 aliphatic carbocycles. The SMILES string of the molecule is C[C@H](O)c1ccccc1OCCOCC(F)(F)F. The summed E-state index contributed by atoms with van der Waals surface area (Å²) in [6.45, 7) is 0.143. The molecule has 0 unspecified atom stereocenters. The van der Waals surface area contributed by atoms with Crippen LogP contribution in [0.15, 0.2) is 24.3 Å². The van der Waals surface area contributed by atoms with Crippen LogP contribution in [0.2, 0.25) is 0 Å². The van der Waals surface area contributed by atoms with E-state index in [9.17, 15) is 18.3 Å². The van der Waals surface area contributed by atoms with Gasteiger partial charge in [-0.1, -0.05) is 18.2 Å². The zero-order chi connectivity index (χ0) is 13.6. The Morgan fingerprint density at radius 2 is 1.89 bits per heavy atom. The molecule has 0 fully saturated rings. The van der Waals surface area contributed by atoms with Gasteiger partial charge in [0.15, 0.2) is 0 Å². The molecule has 1 N–H and O–H groups in total. The van der Waals surface area contributed by atoms with Crippen LogP contribution in [0.3, 0.4) is 0 Å². The highest BCUT2D eigenvalue weighted by Crippen LogP contribution is 2.24. The summed E-state index contributed by atoms with van der Waals surface area (Å²) in [6, 6.07) is 6.80. The third kappa shape index (κ3) is 5.37. The average molecular weight is 264 g/mol. The second-order valence-electron chi connectivity index (χ2n) is 3.73. The Morgan fingerprint density at radius 1 is 1.22 bits per heavy atom. The van der Waals surface area contributed by atoms with Crippen LogP contribution >= 0.6 is 0 Å². The third-order valence-electron chi connectivity index (χ3n) is 2.12. The molecule has 1 rings (SSSR count). The summed E-state index contributed by atoms with van der Waals surface area (Å²) in [5.41, 5.74) is 0.591. The molecule has 0 aliphatic heterocycles. The first-order valence-corrected chi connectivity index (χ1v) is 5.44. The van der Waals surface area contributed by atoms with Crippen molar-refractivity contribution in [2.75, 3.05) is 19.8 Å². The molecule has 1 aromatic rings. The van der Waals surface area contributed by atoms with Gasteiger partial charge in [-0.15, -0.1) is 0 Å². The molecule has 102 valence electrons. The van der Waals surface area contributed by atoms with Crippen molar-refractivity contribution in [3.63, 3.8) is 0 Å². The lowest BCUT2D eigenvalue weighted by molar-refractivity contribution is -0.175. The zero-order valence-corrected chi connectivity index (χ0v) is 9.91. The molecule has 1 atom stereocenters. The molecule has 0 heterocycles. The Labute approximate surface area is 103 Å². The topological polar surface area (TPSA) is 38.7 Å². The van der Waals surface area contributed by atoms with Crippen LogP contribution in [-0.4, -0.2) is 31.1 Å². The summed E-state index contributed by atoms with van der Waals surface area (Å²) >= 11 is 0. The summed E-state index contributed by atoms with van der Waals surface area (Å²) in [7, 11) is 0. The van der Waals surface area contributed by atoms with Crippen LogP contribution in [0.4, 0.5) is 13.2 Å². The van der Waals surface area contributed by atoms with Crippen molar-refractivity contribution >= 4 is 0 Å². The predicted molar refractivity (Wildman–Crippen MR) is 59.4 cm³/mol. The minimum atomic E-state index is -4.32. The Kier molecular flexibility index (Phi) is 5.43. The van der Waals surface area contributed by atoms with Gasteiger partial charge in [-0.2, -0.15) is 13.2 Å². The van der Waals surface area contributed by atoms with Crippen LogP contribution in [-0.2, 0) is 4.74 Å². The maximum Gasteiger partial charge on any atom is 0.411 e. The Bertz CT molecular complexity index is 364. The minimum Gasteiger partial charge on any atom is -0.491 e. The van der Waals surface area contributed by atoms with E-state index in [1.807, 2.05) is 0 Å². The summed E-state index contributed by atoms with van der Waals surface area (Å²) in [5.74, 6) is 0.447. The predicted octanol–water partition coefficient (Wildman–Crippen LogP) is 2.70. The van der Waals surface area contributed by atoms with Crippen molar-refractivity contribution in [1.29, 1.82) is 0 Å². The van der Waals surface area contributed by atoms with E-state index in [-0.39, 0.29) is 13.2 Å². The van der Waals surface area contributed by atoms with E-state index in [0.29, 0.717) is 11.3 Å². The molecule has 0 amide bonds. The van der Waals surface area contributed by atoms with E-state index >= 15 is 0 Å². The first kappa shape index (κ1) is 14.8. The van der Waals surface area contributed by atoms with Crippen LogP contribution in [0.25, 0.3) is 0 Å². The van der Waals surface area contributed by atoms with Crippen LogP contribution < -0.4 is 4.74 Å². The molecule has 0 radical (unpaired) electrons. The van der Waals surface area contributed by atoms with Crippen molar-refractivity contribution in [2.24, 2.45) is 0 Å². The van der Waals surface area contributed by atoms with Gasteiger partial charge >= 0.3 is 6.18 Å². The van der Waals surface area contributed by atoms with Crippen molar-refractivity contribution < 1.29 is 27.8 Å². The van der Waals surface area contributed by atoms with E-state index in [2.05, 4.69) is 4.74 Å². The number of alkyl halides is 3. The lowest BCUT2D eigenvalue weighted by Gasteiger charge is -2.13. The molecule has 0 saturated heterocycles. The highest BCUT2D eigenvalue weighted by Gasteiger charge is 2.27. The zero-order valence-electron chi connectivity index (χ0n) is 9.91. The minimum absolute atomic E-state index is 0.000185. The first-order valence-electron chi connectivity index (χ1n) is 5.44. The van der Waals surface area contributed by atoms with Gasteiger partial charge < -0.3 is 14.6 Å². The highest BCUT2D eigenvalue weighted by atomic mass is 19.4. The summed E-state index contributed by atoms with van der Waals surface area (Å²) in [6.07, 6.45) is -5.02. The number of rotatable bonds is 6. The molecular weight excluding hydrogens is 249 g/mol. The molecule has 0 aliphatic rings. The Hall–Kier alpha value is -1.27. The molecule has 6 heteroatoms. The van der Waals surface area contributed by atoms with Gasteiger partial charge in [0.05, 0.1) is 12.7 Å². The molecule has 0 saturated carbocycles. The fraction of sp³-hybridized carbons (Fsp3) is 0.500. The number of halogens is 3. The van der Waals surface area contributed by atoms with E-state index in [0.717, 1.165) is 0 Å². The summed E-state index contributed by atoms with van der Waals surface area (Å²) in [5, 5.41) is 9.45. The monoisotopic (exact) mass is 264 g/mol. The van der Waals surface area contributed by atoms with Crippen LogP contribution in [0, 0.1) is 0 Å². The van der Waals surface area contributed by atoms with Crippen molar-refractivity contribution in [3.05, 3.63) is 29.8 Å². The second kappa shape index (κ2) is 6.61. The number of hydrogen-bond acceptors (Lipinski definition) is 3. The molecule has 1 aromatic carbocycles. The van der Waals surface area contributed by atoms with Gasteiger partial charge in [-0.3, -0.25) is 0 Å². The van der Waals surface area contributed by atoms with Gasteiger partial charge in [0.2, 0.25) is 0 Å². The normalized spacial score (nSPS) is 13.4. The number of ether oxygens (including phenoxy) is 2. The smallest absolute Gasteiger partial charge is 0.411 e. The Balaban J connectivity index is 2.36. The fourth-order valence-corrected chi connectivity index (χ4v) is 1.36.